The number of amides is 1. The van der Waals surface area contributed by atoms with E-state index in [0.29, 0.717) is 0 Å². The van der Waals surface area contributed by atoms with Crippen LogP contribution in [0.4, 0.5) is 10.8 Å². The molecule has 2 aliphatic heterocycles. The van der Waals surface area contributed by atoms with E-state index in [1.54, 1.807) is 11.3 Å². The molecule has 1 N–H and O–H groups in total. The average Bonchev–Trinajstić information content (AvgIpc) is 3.14. The molecule has 0 unspecified atom stereocenters. The number of thiazole rings is 1. The molecule has 0 atom stereocenters. The number of rotatable bonds is 2. The van der Waals surface area contributed by atoms with Gasteiger partial charge < -0.3 is 10.2 Å². The van der Waals surface area contributed by atoms with Crippen molar-refractivity contribution >= 4 is 39.7 Å². The second-order valence-corrected chi connectivity index (χ2v) is 6.69. The van der Waals surface area contributed by atoms with Crippen LogP contribution < -0.4 is 10.2 Å². The second kappa shape index (κ2) is 5.57. The number of aromatic nitrogens is 1. The fourth-order valence-electron chi connectivity index (χ4n) is 3.00. The molecule has 3 heterocycles. The largest absolute Gasteiger partial charge is 0.348 e. The molecule has 2 aliphatic rings. The molecule has 1 saturated heterocycles. The standard InChI is InChI=1S/C17H17N3OS/c21-16-14(13-6-2-3-7-15(13)19-16)10-12-11-18-17(22-12)20-8-4-1-5-9-20/h2-3,6-7,10-11H,1,4-5,8-9H2,(H,19,21). The number of carbonyl (C=O) groups is 1. The quantitative estimate of drug-likeness (QED) is 0.862. The van der Waals surface area contributed by atoms with Gasteiger partial charge in [-0.3, -0.25) is 4.79 Å². The summed E-state index contributed by atoms with van der Waals surface area (Å²) in [5.41, 5.74) is 2.59. The van der Waals surface area contributed by atoms with Gasteiger partial charge in [-0.25, -0.2) is 4.98 Å². The fraction of sp³-hybridized carbons (Fsp3) is 0.294. The first-order valence-electron chi connectivity index (χ1n) is 7.64. The van der Waals surface area contributed by atoms with Gasteiger partial charge >= 0.3 is 0 Å². The molecule has 1 aromatic carbocycles. The molecular weight excluding hydrogens is 294 g/mol. The van der Waals surface area contributed by atoms with Gasteiger partial charge in [0, 0.05) is 35.4 Å². The fourth-order valence-corrected chi connectivity index (χ4v) is 3.91. The van der Waals surface area contributed by atoms with E-state index in [2.05, 4.69) is 15.2 Å². The summed E-state index contributed by atoms with van der Waals surface area (Å²) in [6.45, 7) is 2.18. The summed E-state index contributed by atoms with van der Waals surface area (Å²) in [6.07, 6.45) is 7.62. The Morgan fingerprint density at radius 1 is 1.18 bits per heavy atom. The molecule has 0 bridgehead atoms. The van der Waals surface area contributed by atoms with Crippen molar-refractivity contribution in [2.24, 2.45) is 0 Å². The predicted octanol–water partition coefficient (Wildman–Crippen LogP) is 3.63. The number of benzene rings is 1. The molecule has 0 spiro atoms. The molecule has 0 saturated carbocycles. The van der Waals surface area contributed by atoms with E-state index in [4.69, 9.17) is 0 Å². The van der Waals surface area contributed by atoms with Crippen molar-refractivity contribution < 1.29 is 4.79 Å². The number of hydrogen-bond donors (Lipinski definition) is 1. The van der Waals surface area contributed by atoms with Gasteiger partial charge in [0.2, 0.25) is 0 Å². The van der Waals surface area contributed by atoms with Crippen molar-refractivity contribution in [3.8, 4) is 0 Å². The zero-order valence-electron chi connectivity index (χ0n) is 12.2. The molecule has 1 fully saturated rings. The predicted molar refractivity (Wildman–Crippen MR) is 91.1 cm³/mol. The number of piperidine rings is 1. The molecule has 112 valence electrons. The van der Waals surface area contributed by atoms with Crippen molar-refractivity contribution in [3.63, 3.8) is 0 Å². The lowest BCUT2D eigenvalue weighted by Crippen LogP contribution is -2.29. The lowest BCUT2D eigenvalue weighted by molar-refractivity contribution is -0.110. The smallest absolute Gasteiger partial charge is 0.256 e. The van der Waals surface area contributed by atoms with Crippen LogP contribution in [0.1, 0.15) is 29.7 Å². The first kappa shape index (κ1) is 13.5. The van der Waals surface area contributed by atoms with Crippen LogP contribution in [-0.2, 0) is 4.79 Å². The average molecular weight is 311 g/mol. The highest BCUT2D eigenvalue weighted by molar-refractivity contribution is 7.16. The number of carbonyl (C=O) groups excluding carboxylic acids is 1. The van der Waals surface area contributed by atoms with Crippen LogP contribution in [0.5, 0.6) is 0 Å². The third-order valence-electron chi connectivity index (χ3n) is 4.13. The first-order valence-corrected chi connectivity index (χ1v) is 8.46. The number of para-hydroxylation sites is 1. The van der Waals surface area contributed by atoms with Crippen LogP contribution in [0.15, 0.2) is 30.5 Å². The van der Waals surface area contributed by atoms with E-state index in [1.807, 2.05) is 36.5 Å². The number of hydrogen-bond acceptors (Lipinski definition) is 4. The van der Waals surface area contributed by atoms with Gasteiger partial charge in [-0.2, -0.15) is 0 Å². The molecule has 1 aromatic heterocycles. The third-order valence-corrected chi connectivity index (χ3v) is 5.14. The van der Waals surface area contributed by atoms with Crippen LogP contribution in [0.3, 0.4) is 0 Å². The zero-order chi connectivity index (χ0) is 14.9. The van der Waals surface area contributed by atoms with Crippen molar-refractivity contribution in [3.05, 3.63) is 40.9 Å². The molecule has 4 rings (SSSR count). The molecule has 5 heteroatoms. The maximum atomic E-state index is 12.1. The molecular formula is C17H17N3OS. The number of nitrogens with one attached hydrogen (secondary N) is 1. The third kappa shape index (κ3) is 2.41. The van der Waals surface area contributed by atoms with Gasteiger partial charge in [0.25, 0.3) is 5.91 Å². The molecule has 4 nitrogen and oxygen atoms in total. The molecule has 1 amide bonds. The number of nitrogens with zero attached hydrogens (tertiary/aromatic N) is 2. The Hall–Kier alpha value is -2.14. The Morgan fingerprint density at radius 3 is 2.86 bits per heavy atom. The number of anilines is 2. The molecule has 0 aliphatic carbocycles. The van der Waals surface area contributed by atoms with Gasteiger partial charge in [0.15, 0.2) is 5.13 Å². The van der Waals surface area contributed by atoms with E-state index in [1.165, 1.54) is 19.3 Å². The van der Waals surface area contributed by atoms with Crippen LogP contribution in [-0.4, -0.2) is 24.0 Å². The van der Waals surface area contributed by atoms with E-state index in [9.17, 15) is 4.79 Å². The Morgan fingerprint density at radius 2 is 2.00 bits per heavy atom. The van der Waals surface area contributed by atoms with Crippen molar-refractivity contribution in [2.45, 2.75) is 19.3 Å². The highest BCUT2D eigenvalue weighted by Gasteiger charge is 2.23. The molecule has 22 heavy (non-hydrogen) atoms. The summed E-state index contributed by atoms with van der Waals surface area (Å²) in [5, 5.41) is 3.97. The topological polar surface area (TPSA) is 45.2 Å². The van der Waals surface area contributed by atoms with Gasteiger partial charge in [-0.15, -0.1) is 0 Å². The molecule has 2 aromatic rings. The number of fused-ring (bicyclic) bond motifs is 1. The van der Waals surface area contributed by atoms with E-state index in [0.717, 1.165) is 39.9 Å². The van der Waals surface area contributed by atoms with Crippen molar-refractivity contribution in [1.29, 1.82) is 0 Å². The summed E-state index contributed by atoms with van der Waals surface area (Å²) in [4.78, 5) is 20.0. The summed E-state index contributed by atoms with van der Waals surface area (Å²) in [6, 6.07) is 7.80. The maximum Gasteiger partial charge on any atom is 0.256 e. The zero-order valence-corrected chi connectivity index (χ0v) is 13.0. The second-order valence-electron chi connectivity index (χ2n) is 5.65. The van der Waals surface area contributed by atoms with Gasteiger partial charge in [-0.05, 0) is 31.4 Å². The summed E-state index contributed by atoms with van der Waals surface area (Å²) in [5.74, 6) is -0.0332. The monoisotopic (exact) mass is 311 g/mol. The van der Waals surface area contributed by atoms with Crippen LogP contribution in [0, 0.1) is 0 Å². The lowest BCUT2D eigenvalue weighted by atomic mass is 10.1. The lowest BCUT2D eigenvalue weighted by Gasteiger charge is -2.25. The highest BCUT2D eigenvalue weighted by atomic mass is 32.1. The summed E-state index contributed by atoms with van der Waals surface area (Å²) < 4.78 is 0. The Bertz CT molecular complexity index is 744. The minimum Gasteiger partial charge on any atom is -0.348 e. The van der Waals surface area contributed by atoms with E-state index in [-0.39, 0.29) is 5.91 Å². The van der Waals surface area contributed by atoms with E-state index >= 15 is 0 Å². The molecule has 0 radical (unpaired) electrons. The Balaban J connectivity index is 1.63. The Kier molecular flexibility index (Phi) is 3.42. The summed E-state index contributed by atoms with van der Waals surface area (Å²) >= 11 is 1.66. The van der Waals surface area contributed by atoms with Crippen LogP contribution in [0.2, 0.25) is 0 Å². The maximum absolute atomic E-state index is 12.1. The minimum atomic E-state index is -0.0332. The highest BCUT2D eigenvalue weighted by Crippen LogP contribution is 2.34. The first-order chi connectivity index (χ1) is 10.8. The normalized spacial score (nSPS) is 19.4. The van der Waals surface area contributed by atoms with Gasteiger partial charge in [-0.1, -0.05) is 29.5 Å². The van der Waals surface area contributed by atoms with Crippen molar-refractivity contribution in [2.75, 3.05) is 23.3 Å². The van der Waals surface area contributed by atoms with Crippen LogP contribution in [0.25, 0.3) is 11.6 Å². The Labute approximate surface area is 133 Å². The van der Waals surface area contributed by atoms with Crippen LogP contribution >= 0.6 is 11.3 Å². The van der Waals surface area contributed by atoms with Gasteiger partial charge in [0.05, 0.1) is 5.57 Å². The summed E-state index contributed by atoms with van der Waals surface area (Å²) in [7, 11) is 0. The SMILES string of the molecule is O=C1Nc2ccccc2C1=Cc1cnc(N2CCCCC2)s1. The van der Waals surface area contributed by atoms with E-state index < -0.39 is 0 Å². The van der Waals surface area contributed by atoms with Crippen molar-refractivity contribution in [1.82, 2.24) is 4.98 Å². The minimum absolute atomic E-state index is 0.0332. The van der Waals surface area contributed by atoms with Gasteiger partial charge in [0.1, 0.15) is 0 Å².